The number of nitrogens with one attached hydrogen (secondary N) is 2. The fourth-order valence-electron chi connectivity index (χ4n) is 2.24. The van der Waals surface area contributed by atoms with Gasteiger partial charge in [0.15, 0.2) is 5.96 Å². The van der Waals surface area contributed by atoms with Crippen LogP contribution in [0.4, 0.5) is 4.39 Å². The number of methoxy groups -OCH3 is 2. The fourth-order valence-corrected chi connectivity index (χ4v) is 2.57. The molecule has 0 aliphatic carbocycles. The van der Waals surface area contributed by atoms with E-state index >= 15 is 0 Å². The van der Waals surface area contributed by atoms with Crippen LogP contribution in [-0.4, -0.2) is 27.2 Å². The van der Waals surface area contributed by atoms with Gasteiger partial charge in [0.2, 0.25) is 0 Å². The lowest BCUT2D eigenvalue weighted by atomic mass is 10.2. The van der Waals surface area contributed by atoms with Crippen molar-refractivity contribution in [3.63, 3.8) is 0 Å². The highest BCUT2D eigenvalue weighted by molar-refractivity contribution is 9.10. The molecule has 5 nitrogen and oxygen atoms in total. The summed E-state index contributed by atoms with van der Waals surface area (Å²) in [6.07, 6.45) is 0. The second-order valence-corrected chi connectivity index (χ2v) is 6.11. The van der Waals surface area contributed by atoms with E-state index in [9.17, 15) is 4.39 Å². The van der Waals surface area contributed by atoms with E-state index in [0.717, 1.165) is 17.1 Å². The van der Waals surface area contributed by atoms with Gasteiger partial charge >= 0.3 is 0 Å². The van der Waals surface area contributed by atoms with Crippen molar-refractivity contribution in [1.29, 1.82) is 0 Å². The molecule has 0 aliphatic rings. The van der Waals surface area contributed by atoms with E-state index in [1.807, 2.05) is 18.2 Å². The summed E-state index contributed by atoms with van der Waals surface area (Å²) < 4.78 is 25.1. The lowest BCUT2D eigenvalue weighted by Gasteiger charge is -2.15. The molecule has 0 radical (unpaired) electrons. The number of rotatable bonds is 6. The van der Waals surface area contributed by atoms with Gasteiger partial charge in [0, 0.05) is 41.8 Å². The van der Waals surface area contributed by atoms with Crippen LogP contribution in [0.2, 0.25) is 0 Å². The Balaban J connectivity index is 1.96. The van der Waals surface area contributed by atoms with Crippen molar-refractivity contribution in [2.24, 2.45) is 4.99 Å². The Morgan fingerprint density at radius 2 is 1.72 bits per heavy atom. The molecule has 0 atom stereocenters. The molecule has 0 aromatic heterocycles. The molecule has 0 heterocycles. The summed E-state index contributed by atoms with van der Waals surface area (Å²) in [7, 11) is 4.89. The number of benzene rings is 2. The molecule has 0 saturated heterocycles. The van der Waals surface area contributed by atoms with Crippen LogP contribution >= 0.6 is 15.9 Å². The molecule has 0 amide bonds. The highest BCUT2D eigenvalue weighted by atomic mass is 79.9. The summed E-state index contributed by atoms with van der Waals surface area (Å²) in [4.78, 5) is 4.15. The largest absolute Gasteiger partial charge is 0.497 e. The van der Waals surface area contributed by atoms with Gasteiger partial charge in [-0.15, -0.1) is 0 Å². The van der Waals surface area contributed by atoms with Gasteiger partial charge in [-0.1, -0.05) is 22.0 Å². The Bertz CT molecular complexity index is 753. The van der Waals surface area contributed by atoms with E-state index in [1.54, 1.807) is 33.4 Å². The lowest BCUT2D eigenvalue weighted by Crippen LogP contribution is -2.36. The minimum atomic E-state index is -0.269. The zero-order valence-corrected chi connectivity index (χ0v) is 16.0. The van der Waals surface area contributed by atoms with Gasteiger partial charge in [0.1, 0.15) is 17.3 Å². The van der Waals surface area contributed by atoms with Crippen molar-refractivity contribution >= 4 is 21.9 Å². The second-order valence-electron chi connectivity index (χ2n) is 5.19. The first kappa shape index (κ1) is 19.1. The van der Waals surface area contributed by atoms with Crippen LogP contribution in [0.5, 0.6) is 11.5 Å². The van der Waals surface area contributed by atoms with Crippen molar-refractivity contribution < 1.29 is 13.9 Å². The molecule has 2 N–H and O–H groups in total. The predicted octanol–water partition coefficient (Wildman–Crippen LogP) is 3.47. The van der Waals surface area contributed by atoms with E-state index in [-0.39, 0.29) is 5.82 Å². The molecule has 2 aromatic rings. The van der Waals surface area contributed by atoms with E-state index in [2.05, 4.69) is 31.6 Å². The van der Waals surface area contributed by atoms with Gasteiger partial charge in [0.25, 0.3) is 0 Å². The maximum Gasteiger partial charge on any atom is 0.191 e. The number of nitrogens with zero attached hydrogens (tertiary/aromatic N) is 1. The Morgan fingerprint density at radius 3 is 2.32 bits per heavy atom. The lowest BCUT2D eigenvalue weighted by molar-refractivity contribution is 0.390. The molecule has 0 saturated carbocycles. The Morgan fingerprint density at radius 1 is 1.04 bits per heavy atom. The first-order valence-corrected chi connectivity index (χ1v) is 8.46. The molecule has 25 heavy (non-hydrogen) atoms. The molecule has 2 aromatic carbocycles. The number of ether oxygens (including phenoxy) is 2. The van der Waals surface area contributed by atoms with Gasteiger partial charge in [-0.2, -0.15) is 0 Å². The Labute approximate surface area is 155 Å². The van der Waals surface area contributed by atoms with E-state index in [0.29, 0.717) is 29.1 Å². The summed E-state index contributed by atoms with van der Waals surface area (Å²) in [5.41, 5.74) is 1.52. The Hall–Kier alpha value is -2.28. The minimum Gasteiger partial charge on any atom is -0.497 e. The van der Waals surface area contributed by atoms with Crippen molar-refractivity contribution in [2.45, 2.75) is 13.1 Å². The maximum atomic E-state index is 13.9. The average molecular weight is 410 g/mol. The highest BCUT2D eigenvalue weighted by Crippen LogP contribution is 2.24. The van der Waals surface area contributed by atoms with Gasteiger partial charge in [-0.25, -0.2) is 4.39 Å². The molecular weight excluding hydrogens is 389 g/mol. The first-order valence-electron chi connectivity index (χ1n) is 7.66. The maximum absolute atomic E-state index is 13.9. The molecule has 7 heteroatoms. The summed E-state index contributed by atoms with van der Waals surface area (Å²) in [6, 6.07) is 10.6. The van der Waals surface area contributed by atoms with E-state index in [1.165, 1.54) is 6.07 Å². The topological polar surface area (TPSA) is 54.9 Å². The zero-order valence-electron chi connectivity index (χ0n) is 14.4. The molecule has 0 spiro atoms. The number of hydrogen-bond donors (Lipinski definition) is 2. The van der Waals surface area contributed by atoms with Gasteiger partial charge in [-0.3, -0.25) is 4.99 Å². The zero-order chi connectivity index (χ0) is 18.2. The highest BCUT2D eigenvalue weighted by Gasteiger charge is 2.07. The normalized spacial score (nSPS) is 11.2. The van der Waals surface area contributed by atoms with Crippen molar-refractivity contribution in [3.05, 3.63) is 57.8 Å². The van der Waals surface area contributed by atoms with Crippen molar-refractivity contribution in [3.8, 4) is 11.5 Å². The smallest absolute Gasteiger partial charge is 0.191 e. The predicted molar refractivity (Wildman–Crippen MR) is 101 cm³/mol. The number of hydrogen-bond acceptors (Lipinski definition) is 3. The minimum absolute atomic E-state index is 0.269. The van der Waals surface area contributed by atoms with Crippen LogP contribution in [0.3, 0.4) is 0 Å². The van der Waals surface area contributed by atoms with Crippen LogP contribution in [-0.2, 0) is 13.1 Å². The van der Waals surface area contributed by atoms with Crippen LogP contribution in [0.25, 0.3) is 0 Å². The third-order valence-corrected chi connectivity index (χ3v) is 4.12. The number of aliphatic imine (C=N–C) groups is 1. The average Bonchev–Trinajstić information content (AvgIpc) is 2.63. The molecule has 134 valence electrons. The standard InChI is InChI=1S/C18H21BrFN3O2/c1-21-18(22-10-12-4-6-14(19)8-16(12)20)23-11-13-5-7-15(24-2)9-17(13)25-3/h4-9H,10-11H2,1-3H3,(H2,21,22,23). The second kappa shape index (κ2) is 9.27. The quantitative estimate of drug-likeness (QED) is 0.566. The number of halogens is 2. The van der Waals surface area contributed by atoms with Crippen molar-refractivity contribution in [1.82, 2.24) is 10.6 Å². The molecule has 0 fully saturated rings. The van der Waals surface area contributed by atoms with E-state index < -0.39 is 0 Å². The molecule has 2 rings (SSSR count). The molecule has 0 unspecified atom stereocenters. The van der Waals surface area contributed by atoms with Crippen LogP contribution < -0.4 is 20.1 Å². The van der Waals surface area contributed by atoms with E-state index in [4.69, 9.17) is 9.47 Å². The molecule has 0 aliphatic heterocycles. The molecular formula is C18H21BrFN3O2. The van der Waals surface area contributed by atoms with Crippen molar-refractivity contribution in [2.75, 3.05) is 21.3 Å². The summed E-state index contributed by atoms with van der Waals surface area (Å²) in [5.74, 6) is 1.75. The van der Waals surface area contributed by atoms with Gasteiger partial charge < -0.3 is 20.1 Å². The monoisotopic (exact) mass is 409 g/mol. The molecule has 0 bridgehead atoms. The summed E-state index contributed by atoms with van der Waals surface area (Å²) in [6.45, 7) is 0.841. The third kappa shape index (κ3) is 5.35. The Kier molecular flexibility index (Phi) is 7.06. The fraction of sp³-hybridized carbons (Fsp3) is 0.278. The van der Waals surface area contributed by atoms with Crippen LogP contribution in [0.15, 0.2) is 45.9 Å². The first-order chi connectivity index (χ1) is 12.1. The van der Waals surface area contributed by atoms with Gasteiger partial charge in [0.05, 0.1) is 14.2 Å². The SMILES string of the molecule is CN=C(NCc1ccc(Br)cc1F)NCc1ccc(OC)cc1OC. The van der Waals surface area contributed by atoms with Crippen LogP contribution in [0.1, 0.15) is 11.1 Å². The number of guanidine groups is 1. The third-order valence-electron chi connectivity index (χ3n) is 3.63. The summed E-state index contributed by atoms with van der Waals surface area (Å²) >= 11 is 3.25. The van der Waals surface area contributed by atoms with Gasteiger partial charge in [-0.05, 0) is 24.3 Å². The van der Waals surface area contributed by atoms with Crippen LogP contribution in [0, 0.1) is 5.82 Å². The summed E-state index contributed by atoms with van der Waals surface area (Å²) in [5, 5.41) is 6.28.